The van der Waals surface area contributed by atoms with Crippen LogP contribution in [0.1, 0.15) is 24.0 Å². The quantitative estimate of drug-likeness (QED) is 0.729. The average molecular weight is 238 g/mol. The number of rotatable bonds is 2. The predicted octanol–water partition coefficient (Wildman–Crippen LogP) is 1.31. The monoisotopic (exact) mass is 238 g/mol. The van der Waals surface area contributed by atoms with Crippen molar-refractivity contribution in [3.05, 3.63) is 35.4 Å². The SMILES string of the molecule is O=S(=O)([O-])C/N=C1\CCCc2ccccc21. The van der Waals surface area contributed by atoms with Gasteiger partial charge in [-0.3, -0.25) is 4.99 Å². The second-order valence-corrected chi connectivity index (χ2v) is 5.18. The van der Waals surface area contributed by atoms with Gasteiger partial charge in [-0.1, -0.05) is 24.3 Å². The topological polar surface area (TPSA) is 69.6 Å². The zero-order chi connectivity index (χ0) is 11.6. The van der Waals surface area contributed by atoms with Crippen molar-refractivity contribution in [2.45, 2.75) is 19.3 Å². The van der Waals surface area contributed by atoms with Gasteiger partial charge in [0.05, 0.1) is 0 Å². The first-order valence-corrected chi connectivity index (χ1v) is 6.69. The van der Waals surface area contributed by atoms with Gasteiger partial charge in [-0.2, -0.15) is 0 Å². The molecule has 1 aromatic rings. The van der Waals surface area contributed by atoms with Gasteiger partial charge in [0, 0.05) is 5.71 Å². The van der Waals surface area contributed by atoms with E-state index in [4.69, 9.17) is 0 Å². The van der Waals surface area contributed by atoms with Crippen LogP contribution < -0.4 is 0 Å². The largest absolute Gasteiger partial charge is 0.747 e. The van der Waals surface area contributed by atoms with E-state index in [1.54, 1.807) is 0 Å². The number of fused-ring (bicyclic) bond motifs is 1. The Morgan fingerprint density at radius 2 is 2.00 bits per heavy atom. The molecule has 0 amide bonds. The van der Waals surface area contributed by atoms with Gasteiger partial charge in [0.2, 0.25) is 0 Å². The lowest BCUT2D eigenvalue weighted by Gasteiger charge is -2.18. The molecule has 0 N–H and O–H groups in total. The van der Waals surface area contributed by atoms with E-state index in [2.05, 4.69) is 4.99 Å². The highest BCUT2D eigenvalue weighted by Gasteiger charge is 2.14. The van der Waals surface area contributed by atoms with E-state index in [9.17, 15) is 13.0 Å². The molecule has 0 radical (unpaired) electrons. The number of hydrogen-bond donors (Lipinski definition) is 0. The normalized spacial score (nSPS) is 18.4. The van der Waals surface area contributed by atoms with Crippen molar-refractivity contribution in [3.8, 4) is 0 Å². The molecular formula is C11H12NO3S-. The minimum Gasteiger partial charge on any atom is -0.747 e. The zero-order valence-electron chi connectivity index (χ0n) is 8.72. The van der Waals surface area contributed by atoms with E-state index in [0.717, 1.165) is 30.5 Å². The fraction of sp³-hybridized carbons (Fsp3) is 0.364. The molecule has 0 bridgehead atoms. The summed E-state index contributed by atoms with van der Waals surface area (Å²) in [5.74, 6) is -0.656. The van der Waals surface area contributed by atoms with Crippen LogP contribution >= 0.6 is 0 Å². The first-order chi connectivity index (χ1) is 7.56. The van der Waals surface area contributed by atoms with Crippen LogP contribution in [0.2, 0.25) is 0 Å². The van der Waals surface area contributed by atoms with Crippen molar-refractivity contribution < 1.29 is 13.0 Å². The highest BCUT2D eigenvalue weighted by atomic mass is 32.2. The van der Waals surface area contributed by atoms with Gasteiger partial charge in [0.15, 0.2) is 0 Å². The van der Waals surface area contributed by atoms with Crippen LogP contribution in [0.25, 0.3) is 0 Å². The highest BCUT2D eigenvalue weighted by Crippen LogP contribution is 2.21. The Balaban J connectivity index is 2.32. The number of nitrogens with zero attached hydrogens (tertiary/aromatic N) is 1. The van der Waals surface area contributed by atoms with Crippen molar-refractivity contribution in [3.63, 3.8) is 0 Å². The number of benzene rings is 1. The molecule has 16 heavy (non-hydrogen) atoms. The smallest absolute Gasteiger partial charge is 0.129 e. The van der Waals surface area contributed by atoms with Crippen LogP contribution in [0.4, 0.5) is 0 Å². The summed E-state index contributed by atoms with van der Waals surface area (Å²) in [5, 5.41) is 0. The van der Waals surface area contributed by atoms with Gasteiger partial charge >= 0.3 is 0 Å². The lowest BCUT2D eigenvalue weighted by atomic mass is 9.90. The molecule has 1 aliphatic rings. The molecule has 0 spiro atoms. The summed E-state index contributed by atoms with van der Waals surface area (Å²) < 4.78 is 31.6. The molecule has 0 unspecified atom stereocenters. The summed E-state index contributed by atoms with van der Waals surface area (Å²) in [7, 11) is -4.26. The third-order valence-corrected chi connectivity index (χ3v) is 3.05. The first-order valence-electron chi connectivity index (χ1n) is 5.11. The van der Waals surface area contributed by atoms with E-state index in [1.165, 1.54) is 5.56 Å². The maximum atomic E-state index is 10.5. The van der Waals surface area contributed by atoms with E-state index in [1.807, 2.05) is 24.3 Å². The van der Waals surface area contributed by atoms with Crippen molar-refractivity contribution >= 4 is 15.8 Å². The van der Waals surface area contributed by atoms with Crippen LogP contribution in [0.3, 0.4) is 0 Å². The summed E-state index contributed by atoms with van der Waals surface area (Å²) in [6, 6.07) is 7.78. The Kier molecular flexibility index (Phi) is 3.07. The Bertz CT molecular complexity index is 520. The van der Waals surface area contributed by atoms with Crippen LogP contribution in [-0.2, 0) is 16.5 Å². The summed E-state index contributed by atoms with van der Waals surface area (Å²) in [6.45, 7) is 0. The number of aryl methyl sites for hydroxylation is 1. The molecule has 5 heteroatoms. The van der Waals surface area contributed by atoms with Crippen LogP contribution in [0.5, 0.6) is 0 Å². The van der Waals surface area contributed by atoms with Gasteiger partial charge in [-0.05, 0) is 30.4 Å². The van der Waals surface area contributed by atoms with Gasteiger partial charge in [-0.25, -0.2) is 8.42 Å². The first kappa shape index (κ1) is 11.3. The second-order valence-electron chi connectivity index (χ2n) is 3.80. The van der Waals surface area contributed by atoms with E-state index in [0.29, 0.717) is 0 Å². The standard InChI is InChI=1S/C11H13NO3S/c13-16(14,15)8-12-11-7-3-5-9-4-1-2-6-10(9)11/h1-2,4,6H,3,5,7-8H2,(H,13,14,15)/p-1/b12-11+. The molecule has 1 aromatic carbocycles. The summed E-state index contributed by atoms with van der Waals surface area (Å²) >= 11 is 0. The molecule has 0 saturated carbocycles. The van der Waals surface area contributed by atoms with Crippen molar-refractivity contribution in [1.82, 2.24) is 0 Å². The van der Waals surface area contributed by atoms with Gasteiger partial charge in [0.1, 0.15) is 16.0 Å². The van der Waals surface area contributed by atoms with Crippen LogP contribution in [0, 0.1) is 0 Å². The van der Waals surface area contributed by atoms with Crippen molar-refractivity contribution in [2.24, 2.45) is 4.99 Å². The Morgan fingerprint density at radius 3 is 2.75 bits per heavy atom. The Labute approximate surface area is 94.8 Å². The van der Waals surface area contributed by atoms with Crippen molar-refractivity contribution in [1.29, 1.82) is 0 Å². The Hall–Kier alpha value is -1.20. The maximum absolute atomic E-state index is 10.5. The number of hydrogen-bond acceptors (Lipinski definition) is 4. The molecule has 86 valence electrons. The highest BCUT2D eigenvalue weighted by molar-refractivity contribution is 7.85. The fourth-order valence-electron chi connectivity index (χ4n) is 1.92. The van der Waals surface area contributed by atoms with E-state index < -0.39 is 16.0 Å². The van der Waals surface area contributed by atoms with Crippen LogP contribution in [-0.4, -0.2) is 24.6 Å². The lowest BCUT2D eigenvalue weighted by Crippen LogP contribution is -2.14. The second kappa shape index (κ2) is 4.35. The summed E-state index contributed by atoms with van der Waals surface area (Å²) in [5.41, 5.74) is 2.90. The van der Waals surface area contributed by atoms with Gasteiger partial charge < -0.3 is 4.55 Å². The molecule has 1 aliphatic carbocycles. The molecule has 0 aromatic heterocycles. The predicted molar refractivity (Wildman–Crippen MR) is 60.5 cm³/mol. The molecule has 2 rings (SSSR count). The molecule has 0 atom stereocenters. The summed E-state index contributed by atoms with van der Waals surface area (Å²) in [6.07, 6.45) is 2.68. The van der Waals surface area contributed by atoms with Gasteiger partial charge in [0.25, 0.3) is 0 Å². The molecular weight excluding hydrogens is 226 g/mol. The minimum absolute atomic E-state index is 0.656. The fourth-order valence-corrected chi connectivity index (χ4v) is 2.24. The van der Waals surface area contributed by atoms with E-state index >= 15 is 0 Å². The minimum atomic E-state index is -4.26. The zero-order valence-corrected chi connectivity index (χ0v) is 9.53. The van der Waals surface area contributed by atoms with Crippen molar-refractivity contribution in [2.75, 3.05) is 5.88 Å². The molecule has 0 aliphatic heterocycles. The Morgan fingerprint density at radius 1 is 1.25 bits per heavy atom. The molecule has 0 fully saturated rings. The van der Waals surface area contributed by atoms with Crippen LogP contribution in [0.15, 0.2) is 29.3 Å². The third-order valence-electron chi connectivity index (χ3n) is 2.60. The summed E-state index contributed by atoms with van der Waals surface area (Å²) in [4.78, 5) is 3.91. The number of aliphatic imine (C=N–C) groups is 1. The third kappa shape index (κ3) is 2.68. The lowest BCUT2D eigenvalue weighted by molar-refractivity contribution is 0.463. The molecule has 0 saturated heterocycles. The van der Waals surface area contributed by atoms with E-state index in [-0.39, 0.29) is 0 Å². The average Bonchev–Trinajstić information content (AvgIpc) is 2.25. The van der Waals surface area contributed by atoms with Gasteiger partial charge in [-0.15, -0.1) is 0 Å². The molecule has 0 heterocycles. The molecule has 4 nitrogen and oxygen atoms in total. The maximum Gasteiger partial charge on any atom is 0.129 e.